The predicted octanol–water partition coefficient (Wildman–Crippen LogP) is 4.33. The SMILES string of the molecule is COc1ccc(/C=C(\Sc2nnc(-c3cc(Cl)ccc3OC)o2)C(=O)O)cc1O. The van der Waals surface area contributed by atoms with Gasteiger partial charge < -0.3 is 24.1 Å². The third-order valence-electron chi connectivity index (χ3n) is 3.71. The number of nitrogens with zero attached hydrogens (tertiary/aromatic N) is 2. The zero-order valence-electron chi connectivity index (χ0n) is 15.2. The number of halogens is 1. The minimum atomic E-state index is -1.19. The molecule has 3 aromatic rings. The number of carbonyl (C=O) groups is 1. The molecule has 2 aromatic carbocycles. The highest BCUT2D eigenvalue weighted by Gasteiger charge is 2.18. The number of hydrogen-bond donors (Lipinski definition) is 2. The molecule has 0 spiro atoms. The summed E-state index contributed by atoms with van der Waals surface area (Å²) in [7, 11) is 2.92. The summed E-state index contributed by atoms with van der Waals surface area (Å²) in [5.74, 6) is -0.394. The molecule has 0 saturated heterocycles. The van der Waals surface area contributed by atoms with Crippen molar-refractivity contribution < 1.29 is 28.9 Å². The van der Waals surface area contributed by atoms with Crippen LogP contribution in [-0.4, -0.2) is 40.6 Å². The van der Waals surface area contributed by atoms with Gasteiger partial charge in [-0.3, -0.25) is 0 Å². The van der Waals surface area contributed by atoms with Crippen LogP contribution < -0.4 is 9.47 Å². The third-order valence-corrected chi connectivity index (χ3v) is 4.79. The van der Waals surface area contributed by atoms with Crippen molar-refractivity contribution in [2.75, 3.05) is 14.2 Å². The first-order chi connectivity index (χ1) is 13.9. The van der Waals surface area contributed by atoms with Gasteiger partial charge in [-0.1, -0.05) is 17.7 Å². The number of phenolic OH excluding ortho intramolecular Hbond substituents is 1. The smallest absolute Gasteiger partial charge is 0.342 e. The topological polar surface area (TPSA) is 115 Å². The highest BCUT2D eigenvalue weighted by atomic mass is 35.5. The number of benzene rings is 2. The molecule has 0 bridgehead atoms. The number of rotatable bonds is 7. The quantitative estimate of drug-likeness (QED) is 0.414. The van der Waals surface area contributed by atoms with E-state index in [1.54, 1.807) is 24.3 Å². The minimum Gasteiger partial charge on any atom is -0.504 e. The minimum absolute atomic E-state index is 0.0217. The molecule has 0 aliphatic carbocycles. The van der Waals surface area contributed by atoms with E-state index in [0.29, 0.717) is 21.9 Å². The third kappa shape index (κ3) is 4.82. The first kappa shape index (κ1) is 20.6. The van der Waals surface area contributed by atoms with E-state index >= 15 is 0 Å². The molecule has 2 N–H and O–H groups in total. The molecule has 0 saturated carbocycles. The van der Waals surface area contributed by atoms with Gasteiger partial charge >= 0.3 is 5.97 Å². The summed E-state index contributed by atoms with van der Waals surface area (Å²) in [5, 5.41) is 27.7. The van der Waals surface area contributed by atoms with Crippen molar-refractivity contribution in [1.82, 2.24) is 10.2 Å². The Balaban J connectivity index is 1.89. The standard InChI is InChI=1S/C19H15ClN2O6S/c1-26-14-6-4-11(20)9-12(14)17-21-22-19(28-17)29-16(18(24)25)8-10-3-5-15(27-2)13(23)7-10/h3-9,23H,1-2H3,(H,24,25)/b16-8-. The van der Waals surface area contributed by atoms with Crippen LogP contribution in [0.1, 0.15) is 5.56 Å². The molecule has 3 rings (SSSR count). The number of aromatic nitrogens is 2. The van der Waals surface area contributed by atoms with E-state index in [1.807, 2.05) is 0 Å². The Kier molecular flexibility index (Phi) is 6.30. The Morgan fingerprint density at radius 1 is 1.14 bits per heavy atom. The molecule has 0 unspecified atom stereocenters. The zero-order valence-corrected chi connectivity index (χ0v) is 16.8. The number of phenols is 1. The fourth-order valence-corrected chi connectivity index (χ4v) is 3.23. The van der Waals surface area contributed by atoms with Crippen LogP contribution in [0.25, 0.3) is 17.5 Å². The van der Waals surface area contributed by atoms with Crippen molar-refractivity contribution in [3.63, 3.8) is 0 Å². The highest BCUT2D eigenvalue weighted by Crippen LogP contribution is 2.35. The lowest BCUT2D eigenvalue weighted by molar-refractivity contribution is -0.131. The van der Waals surface area contributed by atoms with Gasteiger partial charge in [0.05, 0.1) is 19.8 Å². The van der Waals surface area contributed by atoms with Gasteiger partial charge in [0.25, 0.3) is 11.1 Å². The maximum absolute atomic E-state index is 11.6. The number of carboxylic acids is 1. The van der Waals surface area contributed by atoms with E-state index in [0.717, 1.165) is 11.8 Å². The molecule has 0 aliphatic heterocycles. The van der Waals surface area contributed by atoms with Gasteiger partial charge in [-0.05, 0) is 53.7 Å². The van der Waals surface area contributed by atoms with E-state index in [9.17, 15) is 15.0 Å². The molecule has 29 heavy (non-hydrogen) atoms. The second-order valence-corrected chi connectivity index (χ2v) is 6.99. The molecule has 0 atom stereocenters. The van der Waals surface area contributed by atoms with Crippen LogP contribution in [0.15, 0.2) is 50.9 Å². The zero-order chi connectivity index (χ0) is 21.0. The van der Waals surface area contributed by atoms with Crippen molar-refractivity contribution in [2.45, 2.75) is 5.22 Å². The number of carboxylic acid groups (broad SMARTS) is 1. The summed E-state index contributed by atoms with van der Waals surface area (Å²) in [6, 6.07) is 9.45. The lowest BCUT2D eigenvalue weighted by Crippen LogP contribution is -1.96. The van der Waals surface area contributed by atoms with Crippen LogP contribution in [0.5, 0.6) is 17.2 Å². The number of methoxy groups -OCH3 is 2. The monoisotopic (exact) mass is 434 g/mol. The van der Waals surface area contributed by atoms with Gasteiger partial charge in [0.2, 0.25) is 0 Å². The Morgan fingerprint density at radius 3 is 2.52 bits per heavy atom. The Hall–Kier alpha value is -3.17. The summed E-state index contributed by atoms with van der Waals surface area (Å²) < 4.78 is 15.8. The van der Waals surface area contributed by atoms with Crippen LogP contribution in [0, 0.1) is 0 Å². The molecule has 150 valence electrons. The molecule has 1 aromatic heterocycles. The highest BCUT2D eigenvalue weighted by molar-refractivity contribution is 8.03. The van der Waals surface area contributed by atoms with E-state index in [-0.39, 0.29) is 27.5 Å². The second-order valence-electron chi connectivity index (χ2n) is 5.56. The summed E-state index contributed by atoms with van der Waals surface area (Å²) >= 11 is 6.79. The number of ether oxygens (including phenoxy) is 2. The van der Waals surface area contributed by atoms with Crippen LogP contribution in [0.4, 0.5) is 0 Å². The van der Waals surface area contributed by atoms with E-state index in [4.69, 9.17) is 25.5 Å². The van der Waals surface area contributed by atoms with Crippen LogP contribution in [-0.2, 0) is 4.79 Å². The number of thioether (sulfide) groups is 1. The molecule has 0 aliphatic rings. The van der Waals surface area contributed by atoms with E-state index in [1.165, 1.54) is 32.4 Å². The Labute approximate surface area is 174 Å². The average Bonchev–Trinajstić information content (AvgIpc) is 3.16. The maximum Gasteiger partial charge on any atom is 0.342 e. The fraction of sp³-hybridized carbons (Fsp3) is 0.105. The number of hydrogen-bond acceptors (Lipinski definition) is 8. The summed E-state index contributed by atoms with van der Waals surface area (Å²) in [4.78, 5) is 11.6. The molecule has 0 fully saturated rings. The Bertz CT molecular complexity index is 1080. The molecule has 8 nitrogen and oxygen atoms in total. The van der Waals surface area contributed by atoms with Crippen molar-refractivity contribution >= 4 is 35.4 Å². The first-order valence-electron chi connectivity index (χ1n) is 8.08. The van der Waals surface area contributed by atoms with Gasteiger partial charge in [0.15, 0.2) is 11.5 Å². The van der Waals surface area contributed by atoms with Gasteiger partial charge in [-0.2, -0.15) is 0 Å². The largest absolute Gasteiger partial charge is 0.504 e. The summed E-state index contributed by atoms with van der Waals surface area (Å²) in [6.45, 7) is 0. The van der Waals surface area contributed by atoms with E-state index in [2.05, 4.69) is 10.2 Å². The molecule has 1 heterocycles. The summed E-state index contributed by atoms with van der Waals surface area (Å²) in [5.41, 5.74) is 0.949. The lowest BCUT2D eigenvalue weighted by Gasteiger charge is -2.05. The van der Waals surface area contributed by atoms with E-state index < -0.39 is 5.97 Å². The second kappa shape index (κ2) is 8.89. The van der Waals surface area contributed by atoms with Gasteiger partial charge in [-0.15, -0.1) is 10.2 Å². The van der Waals surface area contributed by atoms with Crippen LogP contribution >= 0.6 is 23.4 Å². The molecular formula is C19H15ClN2O6S. The van der Waals surface area contributed by atoms with Crippen molar-refractivity contribution in [3.8, 4) is 28.7 Å². The normalized spacial score (nSPS) is 11.3. The van der Waals surface area contributed by atoms with Crippen molar-refractivity contribution in [2.24, 2.45) is 0 Å². The van der Waals surface area contributed by atoms with Crippen LogP contribution in [0.2, 0.25) is 5.02 Å². The molecule has 0 radical (unpaired) electrons. The number of aliphatic carboxylic acids is 1. The van der Waals surface area contributed by atoms with Gasteiger partial charge in [-0.25, -0.2) is 4.79 Å². The molecule has 10 heteroatoms. The van der Waals surface area contributed by atoms with Gasteiger partial charge in [0.1, 0.15) is 10.7 Å². The molecular weight excluding hydrogens is 420 g/mol. The predicted molar refractivity (Wildman–Crippen MR) is 107 cm³/mol. The maximum atomic E-state index is 11.6. The van der Waals surface area contributed by atoms with Crippen LogP contribution in [0.3, 0.4) is 0 Å². The fourth-order valence-electron chi connectivity index (χ4n) is 2.38. The van der Waals surface area contributed by atoms with Crippen molar-refractivity contribution in [3.05, 3.63) is 51.9 Å². The number of aromatic hydroxyl groups is 1. The van der Waals surface area contributed by atoms with Crippen molar-refractivity contribution in [1.29, 1.82) is 0 Å². The molecule has 0 amide bonds. The average molecular weight is 435 g/mol. The first-order valence-corrected chi connectivity index (χ1v) is 9.28. The Morgan fingerprint density at radius 2 is 1.86 bits per heavy atom. The summed E-state index contributed by atoms with van der Waals surface area (Å²) in [6.07, 6.45) is 1.37. The van der Waals surface area contributed by atoms with Gasteiger partial charge in [0, 0.05) is 5.02 Å². The lowest BCUT2D eigenvalue weighted by atomic mass is 10.2.